The van der Waals surface area contributed by atoms with Crippen LogP contribution in [0.4, 0.5) is 5.69 Å². The Bertz CT molecular complexity index is 1020. The first-order chi connectivity index (χ1) is 12.2. The second-order valence-electron chi connectivity index (χ2n) is 5.80. The molecule has 0 aliphatic rings. The first-order valence-corrected chi connectivity index (χ1v) is 8.62. The third-order valence-electron chi connectivity index (χ3n) is 3.95. The Kier molecular flexibility index (Phi) is 3.85. The summed E-state index contributed by atoms with van der Waals surface area (Å²) in [6.07, 6.45) is 0. The molecule has 0 fully saturated rings. The zero-order valence-electron chi connectivity index (χ0n) is 14.2. The second-order valence-corrected chi connectivity index (χ2v) is 6.75. The quantitative estimate of drug-likeness (QED) is 0.562. The molecule has 0 saturated heterocycles. The van der Waals surface area contributed by atoms with Crippen LogP contribution in [0.25, 0.3) is 26.9 Å². The molecule has 4 aromatic rings. The summed E-state index contributed by atoms with van der Waals surface area (Å²) in [6.45, 7) is 0. The number of rotatable bonds is 4. The van der Waals surface area contributed by atoms with Crippen molar-refractivity contribution in [1.82, 2.24) is 19.8 Å². The maximum absolute atomic E-state index is 5.29. The predicted molar refractivity (Wildman–Crippen MR) is 100 cm³/mol. The maximum atomic E-state index is 5.29. The summed E-state index contributed by atoms with van der Waals surface area (Å²) in [4.78, 5) is 2.84. The molecular formula is C18H17N5OS. The van der Waals surface area contributed by atoms with Gasteiger partial charge in [-0.15, -0.1) is 10.2 Å². The standard InChI is InChI=1S/C18H17N5OS/c1-22(2)14-9-7-12(8-10-14)17-21-23-16(19-20-18(23)25-17)13-5-4-6-15(11-13)24-3/h4-11H,1-3H3. The van der Waals surface area contributed by atoms with Crippen LogP contribution in [0.1, 0.15) is 0 Å². The van der Waals surface area contributed by atoms with E-state index in [1.165, 1.54) is 11.3 Å². The lowest BCUT2D eigenvalue weighted by atomic mass is 10.2. The molecule has 0 amide bonds. The third-order valence-corrected chi connectivity index (χ3v) is 4.90. The van der Waals surface area contributed by atoms with Gasteiger partial charge in [0.25, 0.3) is 0 Å². The number of anilines is 1. The molecule has 0 bridgehead atoms. The molecule has 0 aliphatic carbocycles. The normalized spacial score (nSPS) is 11.0. The Morgan fingerprint density at radius 2 is 1.80 bits per heavy atom. The maximum Gasteiger partial charge on any atom is 0.235 e. The lowest BCUT2D eigenvalue weighted by Gasteiger charge is -2.11. The molecule has 0 saturated carbocycles. The Morgan fingerprint density at radius 3 is 2.52 bits per heavy atom. The second kappa shape index (κ2) is 6.18. The summed E-state index contributed by atoms with van der Waals surface area (Å²) in [7, 11) is 5.70. The number of methoxy groups -OCH3 is 1. The van der Waals surface area contributed by atoms with Crippen LogP contribution >= 0.6 is 11.3 Å². The molecule has 0 unspecified atom stereocenters. The SMILES string of the molecule is COc1cccc(-c2nnc3sc(-c4ccc(N(C)C)cc4)nn23)c1. The van der Waals surface area contributed by atoms with Crippen LogP contribution in [0.15, 0.2) is 48.5 Å². The van der Waals surface area contributed by atoms with Crippen molar-refractivity contribution in [2.75, 3.05) is 26.1 Å². The van der Waals surface area contributed by atoms with Crippen LogP contribution in [0.3, 0.4) is 0 Å². The van der Waals surface area contributed by atoms with Gasteiger partial charge in [0, 0.05) is 30.9 Å². The summed E-state index contributed by atoms with van der Waals surface area (Å²) in [6, 6.07) is 16.1. The van der Waals surface area contributed by atoms with Crippen molar-refractivity contribution in [3.05, 3.63) is 48.5 Å². The van der Waals surface area contributed by atoms with Crippen LogP contribution in [0, 0.1) is 0 Å². The van der Waals surface area contributed by atoms with E-state index in [9.17, 15) is 0 Å². The summed E-state index contributed by atoms with van der Waals surface area (Å²) < 4.78 is 7.08. The highest BCUT2D eigenvalue weighted by atomic mass is 32.1. The minimum atomic E-state index is 0.710. The average molecular weight is 351 g/mol. The molecule has 0 radical (unpaired) electrons. The number of ether oxygens (including phenoxy) is 1. The van der Waals surface area contributed by atoms with E-state index in [1.807, 2.05) is 38.4 Å². The number of fused-ring (bicyclic) bond motifs is 1. The Morgan fingerprint density at radius 1 is 1.00 bits per heavy atom. The molecule has 6 nitrogen and oxygen atoms in total. The fourth-order valence-electron chi connectivity index (χ4n) is 2.58. The molecule has 0 atom stereocenters. The Hall–Kier alpha value is -2.93. The zero-order valence-corrected chi connectivity index (χ0v) is 15.0. The van der Waals surface area contributed by atoms with Crippen molar-refractivity contribution >= 4 is 22.0 Å². The number of hydrogen-bond donors (Lipinski definition) is 0. The Labute approximate surface area is 149 Å². The molecule has 2 aromatic carbocycles. The molecule has 2 aromatic heterocycles. The van der Waals surface area contributed by atoms with E-state index >= 15 is 0 Å². The van der Waals surface area contributed by atoms with Gasteiger partial charge in [-0.2, -0.15) is 9.61 Å². The van der Waals surface area contributed by atoms with Crippen LogP contribution in [-0.4, -0.2) is 41.0 Å². The number of benzene rings is 2. The molecule has 0 aliphatic heterocycles. The van der Waals surface area contributed by atoms with Crippen LogP contribution in [0.5, 0.6) is 5.75 Å². The molecule has 7 heteroatoms. The van der Waals surface area contributed by atoms with Crippen molar-refractivity contribution < 1.29 is 4.74 Å². The summed E-state index contributed by atoms with van der Waals surface area (Å²) in [5.41, 5.74) is 3.15. The highest BCUT2D eigenvalue weighted by Gasteiger charge is 2.15. The molecule has 2 heterocycles. The van der Waals surface area contributed by atoms with Crippen molar-refractivity contribution in [3.63, 3.8) is 0 Å². The van der Waals surface area contributed by atoms with Gasteiger partial charge in [-0.1, -0.05) is 23.5 Å². The van der Waals surface area contributed by atoms with Gasteiger partial charge in [0.1, 0.15) is 10.8 Å². The number of nitrogens with zero attached hydrogens (tertiary/aromatic N) is 5. The highest BCUT2D eigenvalue weighted by Crippen LogP contribution is 2.30. The summed E-state index contributed by atoms with van der Waals surface area (Å²) in [5.74, 6) is 1.49. The van der Waals surface area contributed by atoms with E-state index in [4.69, 9.17) is 9.84 Å². The average Bonchev–Trinajstić information content (AvgIpc) is 3.22. The van der Waals surface area contributed by atoms with E-state index in [-0.39, 0.29) is 0 Å². The topological polar surface area (TPSA) is 55.6 Å². The fourth-order valence-corrected chi connectivity index (χ4v) is 3.42. The minimum absolute atomic E-state index is 0.710. The van der Waals surface area contributed by atoms with E-state index in [2.05, 4.69) is 39.4 Å². The zero-order chi connectivity index (χ0) is 17.4. The van der Waals surface area contributed by atoms with Crippen LogP contribution in [0.2, 0.25) is 0 Å². The molecular weight excluding hydrogens is 334 g/mol. The summed E-state index contributed by atoms with van der Waals surface area (Å²) >= 11 is 1.52. The van der Waals surface area contributed by atoms with E-state index in [1.54, 1.807) is 11.6 Å². The predicted octanol–water partition coefficient (Wildman–Crippen LogP) is 3.59. The van der Waals surface area contributed by atoms with Crippen molar-refractivity contribution in [2.24, 2.45) is 0 Å². The molecule has 126 valence electrons. The Balaban J connectivity index is 1.75. The van der Waals surface area contributed by atoms with Crippen LogP contribution in [-0.2, 0) is 0 Å². The van der Waals surface area contributed by atoms with E-state index in [0.29, 0.717) is 5.82 Å². The van der Waals surface area contributed by atoms with Gasteiger partial charge in [-0.05, 0) is 36.4 Å². The van der Waals surface area contributed by atoms with Gasteiger partial charge in [0.05, 0.1) is 7.11 Å². The molecule has 0 N–H and O–H groups in total. The van der Waals surface area contributed by atoms with Gasteiger partial charge in [-0.25, -0.2) is 0 Å². The van der Waals surface area contributed by atoms with Gasteiger partial charge >= 0.3 is 0 Å². The molecule has 4 rings (SSSR count). The largest absolute Gasteiger partial charge is 0.497 e. The third kappa shape index (κ3) is 2.83. The van der Waals surface area contributed by atoms with Gasteiger partial charge in [0.2, 0.25) is 4.96 Å². The monoisotopic (exact) mass is 351 g/mol. The van der Waals surface area contributed by atoms with E-state index < -0.39 is 0 Å². The fraction of sp³-hybridized carbons (Fsp3) is 0.167. The first-order valence-electron chi connectivity index (χ1n) is 7.80. The van der Waals surface area contributed by atoms with E-state index in [0.717, 1.165) is 32.5 Å². The van der Waals surface area contributed by atoms with Crippen LogP contribution < -0.4 is 9.64 Å². The lowest BCUT2D eigenvalue weighted by Crippen LogP contribution is -2.07. The van der Waals surface area contributed by atoms with Crippen molar-refractivity contribution in [3.8, 4) is 27.7 Å². The highest BCUT2D eigenvalue weighted by molar-refractivity contribution is 7.19. The molecule has 0 spiro atoms. The van der Waals surface area contributed by atoms with Gasteiger partial charge < -0.3 is 9.64 Å². The van der Waals surface area contributed by atoms with Crippen molar-refractivity contribution in [2.45, 2.75) is 0 Å². The first kappa shape index (κ1) is 15.6. The summed E-state index contributed by atoms with van der Waals surface area (Å²) in [5, 5.41) is 14.2. The number of aromatic nitrogens is 4. The van der Waals surface area contributed by atoms with Gasteiger partial charge in [-0.3, -0.25) is 0 Å². The number of hydrogen-bond acceptors (Lipinski definition) is 6. The lowest BCUT2D eigenvalue weighted by molar-refractivity contribution is 0.415. The molecule has 25 heavy (non-hydrogen) atoms. The minimum Gasteiger partial charge on any atom is -0.497 e. The smallest absolute Gasteiger partial charge is 0.235 e. The van der Waals surface area contributed by atoms with Crippen molar-refractivity contribution in [1.29, 1.82) is 0 Å². The van der Waals surface area contributed by atoms with Gasteiger partial charge in [0.15, 0.2) is 5.82 Å².